The molecule has 11 heteroatoms. The average molecular weight is 545 g/mol. The highest BCUT2D eigenvalue weighted by Crippen LogP contribution is 2.38. The molecule has 0 spiro atoms. The van der Waals surface area contributed by atoms with E-state index in [9.17, 15) is 4.79 Å². The third-order valence-electron chi connectivity index (χ3n) is 7.74. The van der Waals surface area contributed by atoms with E-state index in [1.165, 1.54) is 0 Å². The van der Waals surface area contributed by atoms with Crippen LogP contribution in [0.3, 0.4) is 0 Å². The highest BCUT2D eigenvalue weighted by Gasteiger charge is 2.23. The number of H-pyrrole nitrogens is 2. The number of aromatic amines is 2. The first-order chi connectivity index (χ1) is 20.2. The lowest BCUT2D eigenvalue weighted by Crippen LogP contribution is -2.20. The highest BCUT2D eigenvalue weighted by atomic mass is 16.7. The Morgan fingerprint density at radius 3 is 2.66 bits per heavy atom. The van der Waals surface area contributed by atoms with Crippen molar-refractivity contribution in [3.63, 3.8) is 0 Å². The Morgan fingerprint density at radius 1 is 0.854 bits per heavy atom. The van der Waals surface area contributed by atoms with Gasteiger partial charge in [0, 0.05) is 29.4 Å². The Balaban J connectivity index is 1.15. The van der Waals surface area contributed by atoms with Crippen LogP contribution in [0.25, 0.3) is 56.0 Å². The number of aromatic nitrogens is 7. The second kappa shape index (κ2) is 9.40. The molecule has 1 aliphatic heterocycles. The molecule has 0 bridgehead atoms. The minimum Gasteiger partial charge on any atom is -0.454 e. The number of nitrogens with zero attached hydrogens (tertiary/aromatic N) is 5. The van der Waals surface area contributed by atoms with Crippen molar-refractivity contribution in [3.8, 4) is 45.4 Å². The molecule has 41 heavy (non-hydrogen) atoms. The SMILES string of the molecule is O=C(Nc1cncc(-c2ccc3[nH]nc(-c4nc5c(-c6ccc7c(c6)OCO7)cncc5[nH]4)c3n2)c1)C1CCCC1. The molecule has 0 unspecified atom stereocenters. The molecule has 0 radical (unpaired) electrons. The molecule has 8 rings (SSSR count). The molecule has 3 N–H and O–H groups in total. The fourth-order valence-corrected chi connectivity index (χ4v) is 5.63. The molecule has 5 aromatic heterocycles. The van der Waals surface area contributed by atoms with E-state index in [1.807, 2.05) is 36.4 Å². The molecule has 11 nitrogen and oxygen atoms in total. The second-order valence-electron chi connectivity index (χ2n) is 10.3. The van der Waals surface area contributed by atoms with E-state index in [0.29, 0.717) is 34.2 Å². The molecule has 202 valence electrons. The number of hydrogen-bond acceptors (Lipinski definition) is 8. The maximum Gasteiger partial charge on any atom is 0.231 e. The number of pyridine rings is 3. The summed E-state index contributed by atoms with van der Waals surface area (Å²) in [7, 11) is 0. The van der Waals surface area contributed by atoms with Gasteiger partial charge in [0.1, 0.15) is 5.52 Å². The van der Waals surface area contributed by atoms with E-state index in [-0.39, 0.29) is 18.6 Å². The van der Waals surface area contributed by atoms with Crippen molar-refractivity contribution in [1.29, 1.82) is 0 Å². The molecule has 0 atom stereocenters. The zero-order chi connectivity index (χ0) is 27.3. The number of anilines is 1. The van der Waals surface area contributed by atoms with Gasteiger partial charge >= 0.3 is 0 Å². The van der Waals surface area contributed by atoms with E-state index < -0.39 is 0 Å². The first-order valence-corrected chi connectivity index (χ1v) is 13.6. The summed E-state index contributed by atoms with van der Waals surface area (Å²) in [6.07, 6.45) is 11.0. The number of imidazole rings is 1. The van der Waals surface area contributed by atoms with Gasteiger partial charge in [-0.15, -0.1) is 0 Å². The lowest BCUT2D eigenvalue weighted by atomic mass is 10.1. The number of fused-ring (bicyclic) bond motifs is 3. The summed E-state index contributed by atoms with van der Waals surface area (Å²) >= 11 is 0. The molecule has 1 amide bonds. The first kappa shape index (κ1) is 23.6. The zero-order valence-corrected chi connectivity index (χ0v) is 21.8. The van der Waals surface area contributed by atoms with Gasteiger partial charge < -0.3 is 19.8 Å². The third-order valence-corrected chi connectivity index (χ3v) is 7.74. The number of carbonyl (C=O) groups excluding carboxylic acids is 1. The Hall–Kier alpha value is -5.32. The van der Waals surface area contributed by atoms with E-state index >= 15 is 0 Å². The quantitative estimate of drug-likeness (QED) is 0.259. The normalized spacial score (nSPS) is 14.7. The summed E-state index contributed by atoms with van der Waals surface area (Å²) in [4.78, 5) is 34.6. The summed E-state index contributed by atoms with van der Waals surface area (Å²) in [5, 5.41) is 10.6. The largest absolute Gasteiger partial charge is 0.454 e. The smallest absolute Gasteiger partial charge is 0.231 e. The molecular formula is C30H24N8O3. The fraction of sp³-hybridized carbons (Fsp3) is 0.200. The maximum atomic E-state index is 12.6. The number of amides is 1. The number of ether oxygens (including phenoxy) is 2. The highest BCUT2D eigenvalue weighted by molar-refractivity contribution is 5.96. The Labute approximate surface area is 233 Å². The maximum absolute atomic E-state index is 12.6. The Bertz CT molecular complexity index is 1960. The van der Waals surface area contributed by atoms with Gasteiger partial charge in [0.25, 0.3) is 0 Å². The average Bonchev–Trinajstić information content (AvgIpc) is 3.82. The van der Waals surface area contributed by atoms with Gasteiger partial charge in [-0.25, -0.2) is 9.97 Å². The minimum absolute atomic E-state index is 0.0569. The molecule has 1 saturated carbocycles. The Kier molecular flexibility index (Phi) is 5.40. The van der Waals surface area contributed by atoms with Crippen molar-refractivity contribution in [2.45, 2.75) is 25.7 Å². The lowest BCUT2D eigenvalue weighted by molar-refractivity contribution is -0.119. The molecular weight excluding hydrogens is 520 g/mol. The first-order valence-electron chi connectivity index (χ1n) is 13.6. The predicted molar refractivity (Wildman–Crippen MR) is 152 cm³/mol. The molecule has 1 aliphatic carbocycles. The summed E-state index contributed by atoms with van der Waals surface area (Å²) in [5.41, 5.74) is 7.52. The number of benzene rings is 1. The minimum atomic E-state index is 0.0569. The number of nitrogens with one attached hydrogen (secondary N) is 3. The van der Waals surface area contributed by atoms with Crippen molar-refractivity contribution in [2.75, 3.05) is 12.1 Å². The summed E-state index contributed by atoms with van der Waals surface area (Å²) < 4.78 is 11.0. The summed E-state index contributed by atoms with van der Waals surface area (Å²) in [6, 6.07) is 11.5. The van der Waals surface area contributed by atoms with Crippen molar-refractivity contribution >= 4 is 33.7 Å². The molecule has 2 aliphatic rings. The topological polar surface area (TPSA) is 144 Å². The third kappa shape index (κ3) is 4.13. The predicted octanol–water partition coefficient (Wildman–Crippen LogP) is 5.48. The van der Waals surface area contributed by atoms with Crippen LogP contribution in [0.2, 0.25) is 0 Å². The number of carbonyl (C=O) groups is 1. The zero-order valence-electron chi connectivity index (χ0n) is 21.8. The van der Waals surface area contributed by atoms with Gasteiger partial charge in [-0.3, -0.25) is 19.9 Å². The van der Waals surface area contributed by atoms with Crippen molar-refractivity contribution in [1.82, 2.24) is 35.1 Å². The van der Waals surface area contributed by atoms with E-state index in [0.717, 1.165) is 64.7 Å². The van der Waals surface area contributed by atoms with Gasteiger partial charge in [0.15, 0.2) is 23.0 Å². The molecule has 1 fully saturated rings. The van der Waals surface area contributed by atoms with Crippen LogP contribution < -0.4 is 14.8 Å². The Morgan fingerprint density at radius 2 is 1.73 bits per heavy atom. The van der Waals surface area contributed by atoms with E-state index in [1.54, 1.807) is 24.8 Å². The van der Waals surface area contributed by atoms with Crippen molar-refractivity contribution in [2.24, 2.45) is 5.92 Å². The van der Waals surface area contributed by atoms with Gasteiger partial charge in [-0.1, -0.05) is 18.9 Å². The van der Waals surface area contributed by atoms with Crippen LogP contribution in [0.15, 0.2) is 61.2 Å². The van der Waals surface area contributed by atoms with Crippen LogP contribution in [0.1, 0.15) is 25.7 Å². The molecule has 6 aromatic rings. The van der Waals surface area contributed by atoms with E-state index in [2.05, 4.69) is 30.5 Å². The standard InChI is InChI=1S/C30H24N8O3/c39-30(16-3-1-2-4-16)33-19-9-18(11-31-12-19)21-6-7-22-27(34-21)28(38-37-22)29-35-23-14-32-13-20(26(23)36-29)17-5-8-24-25(10-17)41-15-40-24/h5-14,16H,1-4,15H2,(H,33,39)(H,35,36)(H,37,38). The van der Waals surface area contributed by atoms with E-state index in [4.69, 9.17) is 19.4 Å². The summed E-state index contributed by atoms with van der Waals surface area (Å²) in [6.45, 7) is 0.213. The van der Waals surface area contributed by atoms with Gasteiger partial charge in [0.2, 0.25) is 12.7 Å². The van der Waals surface area contributed by atoms with Crippen LogP contribution >= 0.6 is 0 Å². The van der Waals surface area contributed by atoms with Crippen LogP contribution in [0, 0.1) is 5.92 Å². The number of rotatable bonds is 5. The van der Waals surface area contributed by atoms with Crippen molar-refractivity contribution < 1.29 is 14.3 Å². The molecule has 6 heterocycles. The molecule has 0 saturated heterocycles. The molecule has 1 aromatic carbocycles. The van der Waals surface area contributed by atoms with Crippen molar-refractivity contribution in [3.05, 3.63) is 61.2 Å². The second-order valence-corrected chi connectivity index (χ2v) is 10.3. The fourth-order valence-electron chi connectivity index (χ4n) is 5.63. The summed E-state index contributed by atoms with van der Waals surface area (Å²) in [5.74, 6) is 2.12. The lowest BCUT2D eigenvalue weighted by Gasteiger charge is -2.11. The van der Waals surface area contributed by atoms with Crippen LogP contribution in [0.4, 0.5) is 5.69 Å². The van der Waals surface area contributed by atoms with Crippen LogP contribution in [-0.4, -0.2) is 47.8 Å². The number of hydrogen-bond donors (Lipinski definition) is 3. The van der Waals surface area contributed by atoms with Gasteiger partial charge in [-0.05, 0) is 48.7 Å². The monoisotopic (exact) mass is 544 g/mol. The van der Waals surface area contributed by atoms with Crippen LogP contribution in [-0.2, 0) is 4.79 Å². The van der Waals surface area contributed by atoms with Gasteiger partial charge in [0.05, 0.1) is 40.3 Å². The van der Waals surface area contributed by atoms with Crippen LogP contribution in [0.5, 0.6) is 11.5 Å². The van der Waals surface area contributed by atoms with Gasteiger partial charge in [-0.2, -0.15) is 5.10 Å².